The van der Waals surface area contributed by atoms with Gasteiger partial charge in [0, 0.05) is 27.1 Å². The molecular formula is C22H26Cl2N2O2Pt. The molecule has 2 unspecified atom stereocenters. The van der Waals surface area contributed by atoms with Crippen LogP contribution in [0.3, 0.4) is 0 Å². The first-order valence-corrected chi connectivity index (χ1v) is 14.5. The normalized spacial score (nSPS) is 11.5. The molecule has 0 spiro atoms. The Morgan fingerprint density at radius 1 is 0.759 bits per heavy atom. The molecule has 0 aliphatic heterocycles. The molecule has 2 atom stereocenters. The summed E-state index contributed by atoms with van der Waals surface area (Å²) in [5.41, 5.74) is 2.28. The molecule has 0 fully saturated rings. The standard InChI is InChI=1S/2C11H13NO.2ClH.Pt/c2*1-13-11(8-5-9-12)10-6-3-2-4-7-10;;;/h2*2-4,6-7,11H,5,8H2,1H3;2*1H;/q;;;;+2/p-2. The molecule has 0 radical (unpaired) electrons. The van der Waals surface area contributed by atoms with Gasteiger partial charge >= 0.3 is 35.3 Å². The van der Waals surface area contributed by atoms with Crippen LogP contribution in [0, 0.1) is 22.7 Å². The van der Waals surface area contributed by atoms with E-state index in [0.29, 0.717) is 12.8 Å². The maximum absolute atomic E-state index is 8.45. The molecule has 0 N–H and O–H groups in total. The fourth-order valence-electron chi connectivity index (χ4n) is 2.57. The number of methoxy groups -OCH3 is 2. The summed E-state index contributed by atoms with van der Waals surface area (Å²) in [6, 6.07) is 24.2. The number of hydrogen-bond acceptors (Lipinski definition) is 4. The van der Waals surface area contributed by atoms with E-state index in [4.69, 9.17) is 38.8 Å². The van der Waals surface area contributed by atoms with Gasteiger partial charge in [-0.2, -0.15) is 10.5 Å². The second kappa shape index (κ2) is 19.9. The van der Waals surface area contributed by atoms with E-state index in [1.54, 1.807) is 14.2 Å². The number of hydrogen-bond donors (Lipinski definition) is 0. The minimum atomic E-state index is -0.472. The first-order valence-electron chi connectivity index (χ1n) is 8.90. The van der Waals surface area contributed by atoms with Gasteiger partial charge < -0.3 is 9.47 Å². The summed E-state index contributed by atoms with van der Waals surface area (Å²) >= 11 is -0.472. The Kier molecular flexibility index (Phi) is 18.9. The van der Waals surface area contributed by atoms with Crippen LogP contribution in [0.5, 0.6) is 0 Å². The zero-order valence-electron chi connectivity index (χ0n) is 16.5. The second-order valence-corrected chi connectivity index (χ2v) is 8.99. The SMILES string of the molecule is COC(CCC#N)c1ccccc1.COC(CCC#N)c1ccccc1.[Cl][Pt][Cl]. The minimum absolute atomic E-state index is 0.0563. The van der Waals surface area contributed by atoms with Gasteiger partial charge in [0.15, 0.2) is 0 Å². The van der Waals surface area contributed by atoms with E-state index >= 15 is 0 Å². The van der Waals surface area contributed by atoms with Crippen LogP contribution in [0.25, 0.3) is 0 Å². The van der Waals surface area contributed by atoms with Gasteiger partial charge in [0.05, 0.1) is 24.3 Å². The van der Waals surface area contributed by atoms with E-state index in [1.165, 1.54) is 0 Å². The van der Waals surface area contributed by atoms with Crippen LogP contribution in [0.4, 0.5) is 0 Å². The van der Waals surface area contributed by atoms with E-state index in [9.17, 15) is 0 Å². The summed E-state index contributed by atoms with van der Waals surface area (Å²) in [4.78, 5) is 0. The molecule has 29 heavy (non-hydrogen) atoms. The van der Waals surface area contributed by atoms with E-state index in [-0.39, 0.29) is 12.2 Å². The Morgan fingerprint density at radius 2 is 1.07 bits per heavy atom. The van der Waals surface area contributed by atoms with Crippen molar-refractivity contribution < 1.29 is 26.0 Å². The first-order chi connectivity index (χ1) is 14.2. The summed E-state index contributed by atoms with van der Waals surface area (Å²) in [6.45, 7) is 0. The summed E-state index contributed by atoms with van der Waals surface area (Å²) in [5.74, 6) is 0. The van der Waals surface area contributed by atoms with Crippen LogP contribution in [0.15, 0.2) is 60.7 Å². The van der Waals surface area contributed by atoms with Gasteiger partial charge in [0.1, 0.15) is 0 Å². The Morgan fingerprint density at radius 3 is 1.31 bits per heavy atom. The van der Waals surface area contributed by atoms with Crippen LogP contribution in [0.2, 0.25) is 0 Å². The van der Waals surface area contributed by atoms with Crippen molar-refractivity contribution in [2.45, 2.75) is 37.9 Å². The first kappa shape index (κ1) is 27.6. The van der Waals surface area contributed by atoms with Gasteiger partial charge in [0.25, 0.3) is 0 Å². The molecule has 160 valence electrons. The molecule has 0 saturated carbocycles. The third-order valence-corrected chi connectivity index (χ3v) is 3.95. The summed E-state index contributed by atoms with van der Waals surface area (Å²) in [7, 11) is 13.1. The molecule has 4 nitrogen and oxygen atoms in total. The molecule has 0 amide bonds. The average Bonchev–Trinajstić information content (AvgIpc) is 2.77. The molecule has 0 aromatic heterocycles. The Hall–Kier alpha value is -1.39. The fraction of sp³-hybridized carbons (Fsp3) is 0.364. The molecule has 0 aliphatic rings. The predicted molar refractivity (Wildman–Crippen MR) is 114 cm³/mol. The van der Waals surface area contributed by atoms with Crippen molar-refractivity contribution in [3.05, 3.63) is 71.8 Å². The number of ether oxygens (including phenoxy) is 2. The van der Waals surface area contributed by atoms with Crippen LogP contribution in [0.1, 0.15) is 49.0 Å². The zero-order valence-corrected chi connectivity index (χ0v) is 20.3. The monoisotopic (exact) mass is 615 g/mol. The van der Waals surface area contributed by atoms with E-state index in [0.717, 1.165) is 24.0 Å². The van der Waals surface area contributed by atoms with Crippen molar-refractivity contribution in [2.75, 3.05) is 14.2 Å². The van der Waals surface area contributed by atoms with Gasteiger partial charge in [-0.25, -0.2) is 0 Å². The van der Waals surface area contributed by atoms with Gasteiger partial charge in [-0.05, 0) is 24.0 Å². The molecule has 2 rings (SSSR count). The number of nitriles is 2. The van der Waals surface area contributed by atoms with Crippen molar-refractivity contribution in [2.24, 2.45) is 0 Å². The Bertz CT molecular complexity index is 645. The van der Waals surface area contributed by atoms with Crippen molar-refractivity contribution in [3.8, 4) is 12.1 Å². The third kappa shape index (κ3) is 13.5. The van der Waals surface area contributed by atoms with Gasteiger partial charge in [-0.1, -0.05) is 60.7 Å². The maximum atomic E-state index is 8.45. The molecule has 0 saturated heterocycles. The van der Waals surface area contributed by atoms with Crippen LogP contribution >= 0.6 is 18.8 Å². The Balaban J connectivity index is 0.000000477. The predicted octanol–water partition coefficient (Wildman–Crippen LogP) is 6.73. The van der Waals surface area contributed by atoms with E-state index in [2.05, 4.69) is 12.1 Å². The molecule has 0 heterocycles. The molecule has 2 aromatic carbocycles. The van der Waals surface area contributed by atoms with Gasteiger partial charge in [0.2, 0.25) is 0 Å². The average molecular weight is 616 g/mol. The van der Waals surface area contributed by atoms with Gasteiger partial charge in [-0.3, -0.25) is 0 Å². The second-order valence-electron chi connectivity index (χ2n) is 5.71. The Labute approximate surface area is 190 Å². The number of benzene rings is 2. The molecule has 0 bridgehead atoms. The molecule has 7 heteroatoms. The fourth-order valence-corrected chi connectivity index (χ4v) is 2.57. The van der Waals surface area contributed by atoms with Crippen LogP contribution in [-0.2, 0) is 26.0 Å². The summed E-state index contributed by atoms with van der Waals surface area (Å²) in [5, 5.41) is 16.9. The number of rotatable bonds is 8. The van der Waals surface area contributed by atoms with Gasteiger partial charge in [-0.15, -0.1) is 0 Å². The zero-order chi connectivity index (χ0) is 21.7. The quantitative estimate of drug-likeness (QED) is 0.330. The van der Waals surface area contributed by atoms with Crippen molar-refractivity contribution in [3.63, 3.8) is 0 Å². The summed E-state index contributed by atoms with van der Waals surface area (Å²) in [6.07, 6.45) is 2.70. The van der Waals surface area contributed by atoms with Crippen LogP contribution in [-0.4, -0.2) is 14.2 Å². The molecule has 0 aliphatic carbocycles. The molecular weight excluding hydrogens is 590 g/mol. The number of nitrogens with zero attached hydrogens (tertiary/aromatic N) is 2. The topological polar surface area (TPSA) is 66.0 Å². The summed E-state index contributed by atoms with van der Waals surface area (Å²) < 4.78 is 10.6. The van der Waals surface area contributed by atoms with Crippen molar-refractivity contribution in [1.29, 1.82) is 10.5 Å². The molecule has 2 aromatic rings. The van der Waals surface area contributed by atoms with Crippen LogP contribution < -0.4 is 0 Å². The van der Waals surface area contributed by atoms with E-state index in [1.807, 2.05) is 60.7 Å². The van der Waals surface area contributed by atoms with E-state index < -0.39 is 16.5 Å². The van der Waals surface area contributed by atoms with Crippen molar-refractivity contribution in [1.82, 2.24) is 0 Å². The third-order valence-electron chi connectivity index (χ3n) is 3.95. The number of halogens is 2. The van der Waals surface area contributed by atoms with Crippen molar-refractivity contribution >= 4 is 18.8 Å².